The lowest BCUT2D eigenvalue weighted by atomic mass is 10.2. The molecule has 0 aliphatic rings. The summed E-state index contributed by atoms with van der Waals surface area (Å²) in [5, 5.41) is 7.41. The number of carbonyl (C=O) groups excluding carboxylic acids is 1. The normalized spacial score (nSPS) is 10.3. The Morgan fingerprint density at radius 1 is 1.44 bits per heavy atom. The zero-order valence-corrected chi connectivity index (χ0v) is 10.6. The third kappa shape index (κ3) is 2.81. The number of nitrogens with one attached hydrogen (secondary N) is 1. The molecular formula is C12H13ClN4O. The van der Waals surface area contributed by atoms with Gasteiger partial charge in [0.05, 0.1) is 5.69 Å². The van der Waals surface area contributed by atoms with E-state index in [0.29, 0.717) is 17.3 Å². The minimum Gasteiger partial charge on any atom is -0.396 e. The van der Waals surface area contributed by atoms with Gasteiger partial charge in [0.2, 0.25) is 0 Å². The Hall–Kier alpha value is -2.01. The highest BCUT2D eigenvalue weighted by Crippen LogP contribution is 2.10. The molecule has 0 saturated heterocycles. The highest BCUT2D eigenvalue weighted by atomic mass is 35.5. The van der Waals surface area contributed by atoms with E-state index in [1.165, 1.54) is 4.68 Å². The number of halogens is 1. The zero-order chi connectivity index (χ0) is 13.1. The second-order valence-corrected chi connectivity index (χ2v) is 4.35. The molecule has 3 N–H and O–H groups in total. The van der Waals surface area contributed by atoms with Crippen LogP contribution in [0.15, 0.2) is 30.5 Å². The van der Waals surface area contributed by atoms with E-state index in [0.717, 1.165) is 5.56 Å². The molecule has 0 aliphatic heterocycles. The molecule has 18 heavy (non-hydrogen) atoms. The summed E-state index contributed by atoms with van der Waals surface area (Å²) in [7, 11) is 1.71. The number of hydrogen-bond acceptors (Lipinski definition) is 3. The highest BCUT2D eigenvalue weighted by molar-refractivity contribution is 6.30. The monoisotopic (exact) mass is 264 g/mol. The van der Waals surface area contributed by atoms with Crippen molar-refractivity contribution >= 4 is 23.2 Å². The van der Waals surface area contributed by atoms with E-state index in [2.05, 4.69) is 10.4 Å². The number of rotatable bonds is 3. The van der Waals surface area contributed by atoms with Gasteiger partial charge in [-0.25, -0.2) is 0 Å². The molecule has 94 valence electrons. The molecule has 1 amide bonds. The van der Waals surface area contributed by atoms with Crippen molar-refractivity contribution in [2.24, 2.45) is 7.05 Å². The Labute approximate surface area is 110 Å². The summed E-state index contributed by atoms with van der Waals surface area (Å²) in [6.45, 7) is 0.409. The standard InChI is InChI=1S/C12H13ClN4O/c1-17-7-10(14)11(16-17)12(18)15-6-8-2-4-9(13)5-3-8/h2-5,7H,6,14H2,1H3,(H,15,18). The van der Waals surface area contributed by atoms with Gasteiger partial charge in [-0.05, 0) is 17.7 Å². The van der Waals surface area contributed by atoms with Crippen molar-refractivity contribution in [3.8, 4) is 0 Å². The third-order valence-electron chi connectivity index (χ3n) is 2.44. The highest BCUT2D eigenvalue weighted by Gasteiger charge is 2.13. The van der Waals surface area contributed by atoms with Gasteiger partial charge in [0, 0.05) is 24.8 Å². The molecule has 0 bridgehead atoms. The fourth-order valence-corrected chi connectivity index (χ4v) is 1.68. The molecule has 0 spiro atoms. The molecule has 0 radical (unpaired) electrons. The van der Waals surface area contributed by atoms with Crippen LogP contribution in [0.3, 0.4) is 0 Å². The van der Waals surface area contributed by atoms with E-state index in [-0.39, 0.29) is 11.6 Å². The number of nitrogen functional groups attached to an aromatic ring is 1. The SMILES string of the molecule is Cn1cc(N)c(C(=O)NCc2ccc(Cl)cc2)n1. The van der Waals surface area contributed by atoms with Gasteiger partial charge in [-0.15, -0.1) is 0 Å². The predicted octanol–water partition coefficient (Wildman–Crippen LogP) is 1.59. The molecule has 2 aromatic rings. The van der Waals surface area contributed by atoms with E-state index in [4.69, 9.17) is 17.3 Å². The summed E-state index contributed by atoms with van der Waals surface area (Å²) in [5.41, 5.74) is 7.24. The summed E-state index contributed by atoms with van der Waals surface area (Å²) >= 11 is 5.78. The molecule has 1 heterocycles. The smallest absolute Gasteiger partial charge is 0.274 e. The van der Waals surface area contributed by atoms with Gasteiger partial charge in [0.15, 0.2) is 5.69 Å². The molecule has 0 aliphatic carbocycles. The van der Waals surface area contributed by atoms with Crippen LogP contribution in [0.25, 0.3) is 0 Å². The van der Waals surface area contributed by atoms with E-state index < -0.39 is 0 Å². The molecule has 2 rings (SSSR count). The maximum absolute atomic E-state index is 11.8. The van der Waals surface area contributed by atoms with Gasteiger partial charge in [-0.1, -0.05) is 23.7 Å². The average molecular weight is 265 g/mol. The quantitative estimate of drug-likeness (QED) is 0.884. The average Bonchev–Trinajstić information content (AvgIpc) is 2.67. The number of anilines is 1. The second-order valence-electron chi connectivity index (χ2n) is 3.92. The number of carbonyl (C=O) groups is 1. The van der Waals surface area contributed by atoms with Gasteiger partial charge in [-0.3, -0.25) is 9.48 Å². The summed E-state index contributed by atoms with van der Waals surface area (Å²) in [4.78, 5) is 11.8. The number of hydrogen-bond donors (Lipinski definition) is 2. The Morgan fingerprint density at radius 3 is 2.67 bits per heavy atom. The molecular weight excluding hydrogens is 252 g/mol. The molecule has 6 heteroatoms. The Bertz CT molecular complexity index is 562. The van der Waals surface area contributed by atoms with E-state index in [9.17, 15) is 4.79 Å². The molecule has 0 saturated carbocycles. The number of amides is 1. The van der Waals surface area contributed by atoms with Crippen molar-refractivity contribution in [2.45, 2.75) is 6.54 Å². The fraction of sp³-hybridized carbons (Fsp3) is 0.167. The lowest BCUT2D eigenvalue weighted by molar-refractivity contribution is 0.0946. The number of benzene rings is 1. The van der Waals surface area contributed by atoms with Crippen LogP contribution in [0.4, 0.5) is 5.69 Å². The Kier molecular flexibility index (Phi) is 3.53. The number of nitrogens with two attached hydrogens (primary N) is 1. The number of aryl methyl sites for hydroxylation is 1. The minimum atomic E-state index is -0.289. The first-order chi connectivity index (χ1) is 8.56. The Balaban J connectivity index is 2.00. The first-order valence-electron chi connectivity index (χ1n) is 5.38. The topological polar surface area (TPSA) is 72.9 Å². The van der Waals surface area contributed by atoms with Gasteiger partial charge >= 0.3 is 0 Å². The lowest BCUT2D eigenvalue weighted by Gasteiger charge is -2.04. The molecule has 1 aromatic heterocycles. The van der Waals surface area contributed by atoms with Crippen molar-refractivity contribution in [3.63, 3.8) is 0 Å². The maximum atomic E-state index is 11.8. The minimum absolute atomic E-state index is 0.242. The Morgan fingerprint density at radius 2 is 2.11 bits per heavy atom. The van der Waals surface area contributed by atoms with Crippen LogP contribution in [-0.2, 0) is 13.6 Å². The van der Waals surface area contributed by atoms with Crippen LogP contribution in [0.5, 0.6) is 0 Å². The summed E-state index contributed by atoms with van der Waals surface area (Å²) in [6.07, 6.45) is 1.59. The summed E-state index contributed by atoms with van der Waals surface area (Å²) in [5.74, 6) is -0.289. The van der Waals surface area contributed by atoms with Gasteiger partial charge in [-0.2, -0.15) is 5.10 Å². The van der Waals surface area contributed by atoms with Crippen molar-refractivity contribution in [1.29, 1.82) is 0 Å². The summed E-state index contributed by atoms with van der Waals surface area (Å²) in [6, 6.07) is 7.26. The largest absolute Gasteiger partial charge is 0.396 e. The zero-order valence-electron chi connectivity index (χ0n) is 9.85. The van der Waals surface area contributed by atoms with Crippen molar-refractivity contribution in [3.05, 3.63) is 46.7 Å². The summed E-state index contributed by atoms with van der Waals surface area (Å²) < 4.78 is 1.51. The van der Waals surface area contributed by atoms with Gasteiger partial charge in [0.1, 0.15) is 0 Å². The van der Waals surface area contributed by atoms with E-state index in [1.54, 1.807) is 25.4 Å². The number of aromatic nitrogens is 2. The van der Waals surface area contributed by atoms with Gasteiger partial charge < -0.3 is 11.1 Å². The van der Waals surface area contributed by atoms with Crippen LogP contribution < -0.4 is 11.1 Å². The van der Waals surface area contributed by atoms with Crippen molar-refractivity contribution in [2.75, 3.05) is 5.73 Å². The van der Waals surface area contributed by atoms with Crippen LogP contribution in [0.1, 0.15) is 16.1 Å². The van der Waals surface area contributed by atoms with Crippen LogP contribution in [0, 0.1) is 0 Å². The van der Waals surface area contributed by atoms with Crippen LogP contribution in [-0.4, -0.2) is 15.7 Å². The van der Waals surface area contributed by atoms with Crippen LogP contribution >= 0.6 is 11.6 Å². The van der Waals surface area contributed by atoms with Crippen molar-refractivity contribution in [1.82, 2.24) is 15.1 Å². The van der Waals surface area contributed by atoms with Crippen molar-refractivity contribution < 1.29 is 4.79 Å². The first-order valence-corrected chi connectivity index (χ1v) is 5.76. The van der Waals surface area contributed by atoms with E-state index in [1.807, 2.05) is 12.1 Å². The lowest BCUT2D eigenvalue weighted by Crippen LogP contribution is -2.24. The maximum Gasteiger partial charge on any atom is 0.274 e. The van der Waals surface area contributed by atoms with Crippen LogP contribution in [0.2, 0.25) is 5.02 Å². The van der Waals surface area contributed by atoms with E-state index >= 15 is 0 Å². The number of nitrogens with zero attached hydrogens (tertiary/aromatic N) is 2. The molecule has 1 aromatic carbocycles. The molecule has 0 unspecified atom stereocenters. The predicted molar refractivity (Wildman–Crippen MR) is 70.2 cm³/mol. The van der Waals surface area contributed by atoms with Gasteiger partial charge in [0.25, 0.3) is 5.91 Å². The molecule has 0 fully saturated rings. The molecule has 5 nitrogen and oxygen atoms in total. The third-order valence-corrected chi connectivity index (χ3v) is 2.69. The first kappa shape index (κ1) is 12.4. The molecule has 0 atom stereocenters. The second kappa shape index (κ2) is 5.10. The fourth-order valence-electron chi connectivity index (χ4n) is 1.55.